The summed E-state index contributed by atoms with van der Waals surface area (Å²) in [5.74, 6) is 0. The van der Waals surface area contributed by atoms with Crippen LogP contribution < -0.4 is 5.43 Å². The number of nitrogens with zero attached hydrogens (tertiary/aromatic N) is 3. The molecule has 8 heteroatoms. The molecule has 0 heterocycles. The molecule has 98 valence electrons. The molecule has 0 amide bonds. The molecule has 19 heavy (non-hydrogen) atoms. The molecule has 0 unspecified atom stereocenters. The van der Waals surface area contributed by atoms with Gasteiger partial charge in [-0.25, -0.2) is 0 Å². The predicted molar refractivity (Wildman–Crippen MR) is 71.2 cm³/mol. The Balaban J connectivity index is 2.97. The van der Waals surface area contributed by atoms with Crippen LogP contribution in [0.5, 0.6) is 0 Å². The van der Waals surface area contributed by atoms with Gasteiger partial charge in [0.05, 0.1) is 15.9 Å². The minimum Gasteiger partial charge on any atom is -0.272 e. The third-order valence-electron chi connectivity index (χ3n) is 1.98. The first-order valence-corrected chi connectivity index (χ1v) is 5.06. The van der Waals surface area contributed by atoms with Gasteiger partial charge < -0.3 is 0 Å². The minimum atomic E-state index is -0.718. The zero-order valence-electron chi connectivity index (χ0n) is 9.72. The van der Waals surface area contributed by atoms with Gasteiger partial charge in [0.15, 0.2) is 0 Å². The van der Waals surface area contributed by atoms with Crippen LogP contribution in [0.2, 0.25) is 0 Å². The van der Waals surface area contributed by atoms with E-state index in [1.807, 2.05) is 0 Å². The Bertz CT molecular complexity index is 566. The average Bonchev–Trinajstić information content (AvgIpc) is 2.38. The molecule has 0 aromatic heterocycles. The molecule has 8 nitrogen and oxygen atoms in total. The molecule has 1 aromatic carbocycles. The number of nitro groups is 2. The smallest absolute Gasteiger partial charge is 0.272 e. The fourth-order valence-electron chi connectivity index (χ4n) is 1.16. The predicted octanol–water partition coefficient (Wildman–Crippen LogP) is 2.64. The van der Waals surface area contributed by atoms with Crippen LogP contribution in [-0.2, 0) is 0 Å². The number of anilines is 1. The summed E-state index contributed by atoms with van der Waals surface area (Å²) in [5, 5.41) is 25.0. The first-order chi connectivity index (χ1) is 9.06. The summed E-state index contributed by atoms with van der Waals surface area (Å²) in [7, 11) is 0. The van der Waals surface area contributed by atoms with Crippen molar-refractivity contribution >= 4 is 23.3 Å². The summed E-state index contributed by atoms with van der Waals surface area (Å²) in [6, 6.07) is 3.26. The van der Waals surface area contributed by atoms with Gasteiger partial charge in [-0.3, -0.25) is 25.7 Å². The van der Waals surface area contributed by atoms with Gasteiger partial charge in [-0.05, 0) is 12.1 Å². The molecular weight excluding hydrogens is 252 g/mol. The zero-order valence-corrected chi connectivity index (χ0v) is 9.72. The maximum Gasteiger partial charge on any atom is 0.301 e. The van der Waals surface area contributed by atoms with Crippen LogP contribution in [0.4, 0.5) is 17.1 Å². The van der Waals surface area contributed by atoms with E-state index < -0.39 is 15.5 Å². The van der Waals surface area contributed by atoms with E-state index in [0.717, 1.165) is 12.1 Å². The number of hydrazone groups is 1. The van der Waals surface area contributed by atoms with Crippen molar-refractivity contribution < 1.29 is 9.85 Å². The lowest BCUT2D eigenvalue weighted by Crippen LogP contribution is -1.98. The topological polar surface area (TPSA) is 111 Å². The van der Waals surface area contributed by atoms with Gasteiger partial charge in [0, 0.05) is 12.3 Å². The Hall–Kier alpha value is -3.03. The van der Waals surface area contributed by atoms with E-state index in [4.69, 9.17) is 0 Å². The lowest BCUT2D eigenvalue weighted by atomic mass is 10.2. The second-order valence-corrected chi connectivity index (χ2v) is 3.23. The van der Waals surface area contributed by atoms with Gasteiger partial charge in [-0.15, -0.1) is 0 Å². The highest BCUT2D eigenvalue weighted by Gasteiger charge is 2.18. The normalized spacial score (nSPS) is 10.7. The fourth-order valence-corrected chi connectivity index (χ4v) is 1.16. The highest BCUT2D eigenvalue weighted by molar-refractivity contribution is 5.73. The van der Waals surface area contributed by atoms with E-state index in [1.54, 1.807) is 18.2 Å². The number of hydrogen-bond acceptors (Lipinski definition) is 6. The molecule has 0 radical (unpaired) electrons. The molecule has 1 aromatic rings. The van der Waals surface area contributed by atoms with Crippen LogP contribution in [0.25, 0.3) is 0 Å². The fraction of sp³-hybridized carbons (Fsp3) is 0. The van der Waals surface area contributed by atoms with Crippen molar-refractivity contribution in [3.63, 3.8) is 0 Å². The van der Waals surface area contributed by atoms with Gasteiger partial charge in [-0.2, -0.15) is 5.10 Å². The van der Waals surface area contributed by atoms with Crippen molar-refractivity contribution in [3.05, 3.63) is 63.2 Å². The zero-order chi connectivity index (χ0) is 14.3. The lowest BCUT2D eigenvalue weighted by molar-refractivity contribution is -0.393. The number of nitro benzene ring substituents is 2. The molecule has 0 saturated carbocycles. The van der Waals surface area contributed by atoms with Crippen molar-refractivity contribution in [2.75, 3.05) is 5.43 Å². The molecule has 0 aliphatic carbocycles. The molecule has 0 spiro atoms. The van der Waals surface area contributed by atoms with Crippen LogP contribution in [0.15, 0.2) is 48.1 Å². The highest BCUT2D eigenvalue weighted by Crippen LogP contribution is 2.28. The Kier molecular flexibility index (Phi) is 4.91. The summed E-state index contributed by atoms with van der Waals surface area (Å²) < 4.78 is 0. The quantitative estimate of drug-likeness (QED) is 0.366. The van der Waals surface area contributed by atoms with E-state index in [2.05, 4.69) is 17.1 Å². The Morgan fingerprint density at radius 3 is 2.53 bits per heavy atom. The number of nitrogens with one attached hydrogen (secondary N) is 1. The van der Waals surface area contributed by atoms with Crippen molar-refractivity contribution in [1.82, 2.24) is 0 Å². The molecule has 0 saturated heterocycles. The minimum absolute atomic E-state index is 0.0684. The van der Waals surface area contributed by atoms with Crippen LogP contribution in [0.1, 0.15) is 0 Å². The van der Waals surface area contributed by atoms with E-state index >= 15 is 0 Å². The highest BCUT2D eigenvalue weighted by atomic mass is 16.6. The molecular formula is C11H10N4O4. The standard InChI is InChI=1S/C11H10N4O4/c1-2-3-4-7-12-13-10-6-5-9(14(16)17)8-11(10)15(18)19/h2-8,13H,1H2. The number of benzene rings is 1. The second kappa shape index (κ2) is 6.64. The summed E-state index contributed by atoms with van der Waals surface area (Å²) in [6.07, 6.45) is 6.10. The van der Waals surface area contributed by atoms with Gasteiger partial charge in [0.2, 0.25) is 0 Å². The van der Waals surface area contributed by atoms with E-state index in [0.29, 0.717) is 0 Å². The van der Waals surface area contributed by atoms with Crippen molar-refractivity contribution in [1.29, 1.82) is 0 Å². The lowest BCUT2D eigenvalue weighted by Gasteiger charge is -2.01. The molecule has 0 atom stereocenters. The summed E-state index contributed by atoms with van der Waals surface area (Å²) >= 11 is 0. The third kappa shape index (κ3) is 4.04. The first kappa shape index (κ1) is 14.0. The largest absolute Gasteiger partial charge is 0.301 e. The maximum absolute atomic E-state index is 10.8. The number of allylic oxidation sites excluding steroid dienone is 3. The van der Waals surface area contributed by atoms with Crippen molar-refractivity contribution in [2.24, 2.45) is 5.10 Å². The van der Waals surface area contributed by atoms with Crippen LogP contribution in [-0.4, -0.2) is 16.1 Å². The number of rotatable bonds is 6. The van der Waals surface area contributed by atoms with E-state index in [1.165, 1.54) is 12.3 Å². The maximum atomic E-state index is 10.8. The monoisotopic (exact) mass is 262 g/mol. The molecule has 1 N–H and O–H groups in total. The average molecular weight is 262 g/mol. The van der Waals surface area contributed by atoms with Gasteiger partial charge in [-0.1, -0.05) is 18.7 Å². The first-order valence-electron chi connectivity index (χ1n) is 5.06. The van der Waals surface area contributed by atoms with Gasteiger partial charge >= 0.3 is 5.69 Å². The Morgan fingerprint density at radius 2 is 1.95 bits per heavy atom. The Labute approximate surface area is 108 Å². The Morgan fingerprint density at radius 1 is 1.21 bits per heavy atom. The summed E-state index contributed by atoms with van der Waals surface area (Å²) in [6.45, 7) is 3.46. The van der Waals surface area contributed by atoms with Crippen molar-refractivity contribution in [3.8, 4) is 0 Å². The van der Waals surface area contributed by atoms with Crippen LogP contribution in [0.3, 0.4) is 0 Å². The van der Waals surface area contributed by atoms with Crippen LogP contribution in [0, 0.1) is 20.2 Å². The molecule has 0 aliphatic rings. The van der Waals surface area contributed by atoms with Crippen molar-refractivity contribution in [2.45, 2.75) is 0 Å². The molecule has 0 fully saturated rings. The summed E-state index contributed by atoms with van der Waals surface area (Å²) in [5.41, 5.74) is 1.74. The van der Waals surface area contributed by atoms with Crippen LogP contribution >= 0.6 is 0 Å². The molecule has 0 bridgehead atoms. The van der Waals surface area contributed by atoms with Gasteiger partial charge in [0.1, 0.15) is 5.69 Å². The number of hydrogen-bond donors (Lipinski definition) is 1. The van der Waals surface area contributed by atoms with Gasteiger partial charge in [0.25, 0.3) is 5.69 Å². The number of non-ortho nitro benzene ring substituents is 1. The summed E-state index contributed by atoms with van der Waals surface area (Å²) in [4.78, 5) is 19.9. The SMILES string of the molecule is C=CC=CC=NNc1ccc([N+](=O)[O-])cc1[N+](=O)[O-]. The molecule has 1 rings (SSSR count). The van der Waals surface area contributed by atoms with E-state index in [9.17, 15) is 20.2 Å². The second-order valence-electron chi connectivity index (χ2n) is 3.23. The molecule has 0 aliphatic heterocycles. The van der Waals surface area contributed by atoms with E-state index in [-0.39, 0.29) is 11.4 Å². The third-order valence-corrected chi connectivity index (χ3v) is 1.98.